The zero-order valence-electron chi connectivity index (χ0n) is 10.5. The largest absolute Gasteiger partial charge is 0.385 e. The summed E-state index contributed by atoms with van der Waals surface area (Å²) in [5.74, 6) is 0. The van der Waals surface area contributed by atoms with Gasteiger partial charge in [0.1, 0.15) is 4.21 Å². The van der Waals surface area contributed by atoms with Gasteiger partial charge in [0.05, 0.1) is 0 Å². The molecule has 7 heteroatoms. The number of ether oxygens (including phenoxy) is 1. The van der Waals surface area contributed by atoms with Gasteiger partial charge in [0.15, 0.2) is 0 Å². The smallest absolute Gasteiger partial charge is 0.250 e. The molecule has 0 saturated heterocycles. The van der Waals surface area contributed by atoms with Crippen LogP contribution in [0.15, 0.2) is 16.3 Å². The summed E-state index contributed by atoms with van der Waals surface area (Å²) in [6, 6.07) is 3.45. The summed E-state index contributed by atoms with van der Waals surface area (Å²) in [6.45, 7) is 1.63. The molecule has 0 aliphatic carbocycles. The summed E-state index contributed by atoms with van der Waals surface area (Å²) in [5.41, 5.74) is 5.44. The third-order valence-electron chi connectivity index (χ3n) is 2.36. The van der Waals surface area contributed by atoms with Crippen LogP contribution < -0.4 is 10.5 Å². The van der Waals surface area contributed by atoms with Crippen molar-refractivity contribution < 1.29 is 13.2 Å². The van der Waals surface area contributed by atoms with Gasteiger partial charge < -0.3 is 10.5 Å². The second-order valence-corrected chi connectivity index (χ2v) is 7.02. The highest BCUT2D eigenvalue weighted by Gasteiger charge is 2.15. The molecule has 0 radical (unpaired) electrons. The van der Waals surface area contributed by atoms with Crippen LogP contribution in [0.5, 0.6) is 0 Å². The molecule has 0 fully saturated rings. The highest BCUT2D eigenvalue weighted by molar-refractivity contribution is 7.91. The van der Waals surface area contributed by atoms with Gasteiger partial charge in [0, 0.05) is 25.1 Å². The zero-order chi connectivity index (χ0) is 13.4. The number of hydrogen-bond donors (Lipinski definition) is 2. The first-order chi connectivity index (χ1) is 8.60. The van der Waals surface area contributed by atoms with E-state index in [2.05, 4.69) is 4.72 Å². The molecule has 1 heterocycles. The second-order valence-electron chi connectivity index (χ2n) is 3.86. The predicted molar refractivity (Wildman–Crippen MR) is 73.4 cm³/mol. The van der Waals surface area contributed by atoms with E-state index < -0.39 is 10.0 Å². The highest BCUT2D eigenvalue weighted by atomic mass is 32.2. The van der Waals surface area contributed by atoms with Crippen molar-refractivity contribution in [2.45, 2.75) is 23.5 Å². The Morgan fingerprint density at radius 2 is 2.17 bits per heavy atom. The molecule has 1 aromatic heterocycles. The van der Waals surface area contributed by atoms with Gasteiger partial charge in [-0.3, -0.25) is 0 Å². The SMILES string of the molecule is COCCCCNS(=O)(=O)c1ccc(CCN)s1. The molecule has 5 nitrogen and oxygen atoms in total. The van der Waals surface area contributed by atoms with Gasteiger partial charge in [-0.15, -0.1) is 11.3 Å². The molecule has 104 valence electrons. The number of unbranched alkanes of at least 4 members (excludes halogenated alkanes) is 1. The molecule has 3 N–H and O–H groups in total. The van der Waals surface area contributed by atoms with E-state index >= 15 is 0 Å². The maximum absolute atomic E-state index is 11.9. The van der Waals surface area contributed by atoms with Gasteiger partial charge in [-0.1, -0.05) is 0 Å². The van der Waals surface area contributed by atoms with Crippen molar-refractivity contribution in [1.82, 2.24) is 4.72 Å². The summed E-state index contributed by atoms with van der Waals surface area (Å²) < 4.78 is 31.7. The van der Waals surface area contributed by atoms with Crippen molar-refractivity contribution in [3.05, 3.63) is 17.0 Å². The standard InChI is InChI=1S/C11H20N2O3S2/c1-16-9-3-2-8-13-18(14,15)11-5-4-10(17-11)6-7-12/h4-5,13H,2-3,6-9,12H2,1H3. The molecule has 0 unspecified atom stereocenters. The summed E-state index contributed by atoms with van der Waals surface area (Å²) >= 11 is 1.28. The third-order valence-corrected chi connectivity index (χ3v) is 5.46. The zero-order valence-corrected chi connectivity index (χ0v) is 12.1. The Kier molecular flexibility index (Phi) is 6.80. The lowest BCUT2D eigenvalue weighted by atomic mass is 10.3. The topological polar surface area (TPSA) is 81.4 Å². The molecule has 0 aromatic carbocycles. The van der Waals surface area contributed by atoms with Crippen LogP contribution in [0.2, 0.25) is 0 Å². The molecule has 0 aliphatic rings. The Morgan fingerprint density at radius 3 is 2.83 bits per heavy atom. The predicted octanol–water partition coefficient (Wildman–Crippen LogP) is 0.954. The molecule has 0 aliphatic heterocycles. The number of nitrogens with two attached hydrogens (primary N) is 1. The van der Waals surface area contributed by atoms with E-state index in [1.807, 2.05) is 6.07 Å². The normalized spacial score (nSPS) is 11.9. The maximum Gasteiger partial charge on any atom is 0.250 e. The molecule has 1 rings (SSSR count). The Morgan fingerprint density at radius 1 is 1.39 bits per heavy atom. The lowest BCUT2D eigenvalue weighted by Gasteiger charge is -2.04. The van der Waals surface area contributed by atoms with Crippen LogP contribution >= 0.6 is 11.3 Å². The molecule has 0 bridgehead atoms. The monoisotopic (exact) mass is 292 g/mol. The minimum absolute atomic E-state index is 0.359. The fraction of sp³-hybridized carbons (Fsp3) is 0.636. The molecule has 18 heavy (non-hydrogen) atoms. The Balaban J connectivity index is 2.46. The highest BCUT2D eigenvalue weighted by Crippen LogP contribution is 2.21. The summed E-state index contributed by atoms with van der Waals surface area (Å²) in [5, 5.41) is 0. The maximum atomic E-state index is 11.9. The quantitative estimate of drug-likeness (QED) is 0.664. The van der Waals surface area contributed by atoms with Crippen LogP contribution in [-0.2, 0) is 21.2 Å². The van der Waals surface area contributed by atoms with Crippen LogP contribution in [0.25, 0.3) is 0 Å². The number of thiophene rings is 1. The minimum atomic E-state index is -3.36. The molecule has 0 amide bonds. The number of methoxy groups -OCH3 is 1. The van der Waals surface area contributed by atoms with Crippen LogP contribution in [-0.4, -0.2) is 35.2 Å². The Labute approximate surface area is 112 Å². The van der Waals surface area contributed by atoms with Crippen LogP contribution in [0.1, 0.15) is 17.7 Å². The molecule has 1 aromatic rings. The van der Waals surface area contributed by atoms with Crippen LogP contribution in [0.4, 0.5) is 0 Å². The van der Waals surface area contributed by atoms with Crippen molar-refractivity contribution in [1.29, 1.82) is 0 Å². The van der Waals surface area contributed by atoms with E-state index in [-0.39, 0.29) is 0 Å². The Bertz CT molecular complexity index is 443. The summed E-state index contributed by atoms with van der Waals surface area (Å²) in [7, 11) is -1.72. The fourth-order valence-electron chi connectivity index (χ4n) is 1.43. The van der Waals surface area contributed by atoms with E-state index in [4.69, 9.17) is 10.5 Å². The van der Waals surface area contributed by atoms with Gasteiger partial charge >= 0.3 is 0 Å². The van der Waals surface area contributed by atoms with Gasteiger partial charge in [-0.25, -0.2) is 13.1 Å². The second kappa shape index (κ2) is 7.85. The van der Waals surface area contributed by atoms with Crippen molar-refractivity contribution >= 4 is 21.4 Å². The first kappa shape index (κ1) is 15.6. The fourth-order valence-corrected chi connectivity index (χ4v) is 3.92. The van der Waals surface area contributed by atoms with Crippen LogP contribution in [0.3, 0.4) is 0 Å². The van der Waals surface area contributed by atoms with Crippen molar-refractivity contribution in [3.8, 4) is 0 Å². The third kappa shape index (κ3) is 5.03. The van der Waals surface area contributed by atoms with Gasteiger partial charge in [0.2, 0.25) is 10.0 Å². The average molecular weight is 292 g/mol. The lowest BCUT2D eigenvalue weighted by molar-refractivity contribution is 0.193. The van der Waals surface area contributed by atoms with Gasteiger partial charge in [0.25, 0.3) is 0 Å². The number of rotatable bonds is 9. The molecular weight excluding hydrogens is 272 g/mol. The number of hydrogen-bond acceptors (Lipinski definition) is 5. The first-order valence-electron chi connectivity index (χ1n) is 5.87. The van der Waals surface area contributed by atoms with E-state index in [9.17, 15) is 8.42 Å². The molecule has 0 saturated carbocycles. The summed E-state index contributed by atoms with van der Waals surface area (Å²) in [6.07, 6.45) is 2.34. The first-order valence-corrected chi connectivity index (χ1v) is 8.17. The van der Waals surface area contributed by atoms with E-state index in [0.717, 1.165) is 17.7 Å². The molecular formula is C11H20N2O3S2. The van der Waals surface area contributed by atoms with Crippen molar-refractivity contribution in [2.24, 2.45) is 5.73 Å². The minimum Gasteiger partial charge on any atom is -0.385 e. The summed E-state index contributed by atoms with van der Waals surface area (Å²) in [4.78, 5) is 0.997. The van der Waals surface area contributed by atoms with Gasteiger partial charge in [-0.05, 0) is 37.9 Å². The lowest BCUT2D eigenvalue weighted by Crippen LogP contribution is -2.24. The van der Waals surface area contributed by atoms with Crippen LogP contribution in [0, 0.1) is 0 Å². The van der Waals surface area contributed by atoms with Crippen molar-refractivity contribution in [3.63, 3.8) is 0 Å². The number of nitrogens with one attached hydrogen (secondary N) is 1. The van der Waals surface area contributed by atoms with E-state index in [1.54, 1.807) is 13.2 Å². The number of sulfonamides is 1. The molecule has 0 atom stereocenters. The Hall–Kier alpha value is -0.470. The van der Waals surface area contributed by atoms with Gasteiger partial charge in [-0.2, -0.15) is 0 Å². The van der Waals surface area contributed by atoms with Crippen molar-refractivity contribution in [2.75, 3.05) is 26.8 Å². The molecule has 0 spiro atoms. The average Bonchev–Trinajstić information content (AvgIpc) is 2.79. The van der Waals surface area contributed by atoms with E-state index in [1.165, 1.54) is 11.3 Å². The van der Waals surface area contributed by atoms with E-state index in [0.29, 0.717) is 30.3 Å².